The average molecular weight is 365 g/mol. The lowest BCUT2D eigenvalue weighted by atomic mass is 10.1. The molecule has 0 aromatic heterocycles. The van der Waals surface area contributed by atoms with Crippen molar-refractivity contribution in [2.45, 2.75) is 12.4 Å². The van der Waals surface area contributed by atoms with Crippen molar-refractivity contribution < 1.29 is 52.0 Å². The van der Waals surface area contributed by atoms with E-state index in [1.807, 2.05) is 0 Å². The molecule has 0 saturated carbocycles. The monoisotopic (exact) mass is 365 g/mol. The Kier molecular flexibility index (Phi) is 5.75. The lowest BCUT2D eigenvalue weighted by Gasteiger charge is -2.23. The highest BCUT2D eigenvalue weighted by molar-refractivity contribution is 5.95. The fourth-order valence-corrected chi connectivity index (χ4v) is 1.65. The van der Waals surface area contributed by atoms with Crippen LogP contribution in [0.3, 0.4) is 0 Å². The van der Waals surface area contributed by atoms with E-state index in [-0.39, 0.29) is 0 Å². The number of amides is 1. The fraction of sp³-hybridized carbons (Fsp3) is 0.300. The zero-order valence-electron chi connectivity index (χ0n) is 11.2. The first-order valence-corrected chi connectivity index (χ1v) is 5.80. The molecule has 2 atom stereocenters. The number of carbonyl (C=O) groups excluding carboxylic acids is 1. The molecule has 1 aromatic carbocycles. The molecule has 0 aliphatic carbocycles. The van der Waals surface area contributed by atoms with Gasteiger partial charge in [0.25, 0.3) is 0 Å². The zero-order valence-corrected chi connectivity index (χ0v) is 11.2. The van der Waals surface area contributed by atoms with E-state index in [0.29, 0.717) is 18.2 Å². The molecule has 5 N–H and O–H groups in total. The molecule has 0 saturated heterocycles. The second-order valence-corrected chi connectivity index (χ2v) is 4.38. The molecular weight excluding hydrogens is 356 g/mol. The van der Waals surface area contributed by atoms with E-state index >= 15 is 0 Å². The summed E-state index contributed by atoms with van der Waals surface area (Å²) in [5.41, 5.74) is -2.48. The third-order valence-electron chi connectivity index (χ3n) is 2.67. The first kappa shape index (κ1) is 20.1. The SMILES string of the molecule is O=C(Nc1ccc([NH+]([O-])O)cc1[NH+]([O-])O)C(C(F)(F)F)C(F)(F)F. The topological polar surface area (TPSA) is 125 Å². The van der Waals surface area contributed by atoms with Gasteiger partial charge < -0.3 is 15.7 Å². The number of anilines is 1. The molecule has 0 aliphatic rings. The molecule has 24 heavy (non-hydrogen) atoms. The Hall–Kier alpha value is -1.97. The smallest absolute Gasteiger partial charge is 0.409 e. The van der Waals surface area contributed by atoms with Gasteiger partial charge in [-0.15, -0.1) is 0 Å². The number of rotatable bonds is 4. The Morgan fingerprint density at radius 2 is 1.54 bits per heavy atom. The van der Waals surface area contributed by atoms with Crippen LogP contribution in [-0.2, 0) is 4.79 Å². The van der Waals surface area contributed by atoms with Crippen molar-refractivity contribution in [3.05, 3.63) is 28.6 Å². The minimum Gasteiger partial charge on any atom is -0.595 e. The highest BCUT2D eigenvalue weighted by atomic mass is 19.4. The molecule has 0 bridgehead atoms. The maximum atomic E-state index is 12.4. The van der Waals surface area contributed by atoms with Crippen molar-refractivity contribution in [2.24, 2.45) is 5.92 Å². The maximum absolute atomic E-state index is 12.4. The van der Waals surface area contributed by atoms with Crippen LogP contribution in [0.5, 0.6) is 0 Å². The first-order chi connectivity index (χ1) is 10.7. The number of hydrogen-bond acceptors (Lipinski definition) is 5. The molecule has 0 fully saturated rings. The number of nitrogens with one attached hydrogen (secondary N) is 3. The maximum Gasteiger partial charge on any atom is 0.409 e. The van der Waals surface area contributed by atoms with Gasteiger partial charge in [-0.2, -0.15) is 36.8 Å². The summed E-state index contributed by atoms with van der Waals surface area (Å²) in [6.45, 7) is 0. The molecule has 0 heterocycles. The van der Waals surface area contributed by atoms with E-state index < -0.39 is 51.7 Å². The number of hydrogen-bond donors (Lipinski definition) is 5. The number of carbonyl (C=O) groups is 1. The van der Waals surface area contributed by atoms with E-state index in [4.69, 9.17) is 10.4 Å². The summed E-state index contributed by atoms with van der Waals surface area (Å²) in [6, 6.07) is 1.77. The van der Waals surface area contributed by atoms with Gasteiger partial charge in [-0.1, -0.05) is 0 Å². The van der Waals surface area contributed by atoms with Crippen LogP contribution in [-0.4, -0.2) is 28.7 Å². The van der Waals surface area contributed by atoms with Gasteiger partial charge in [0.15, 0.2) is 11.4 Å². The molecule has 14 heteroatoms. The predicted octanol–water partition coefficient (Wildman–Crippen LogP) is 0.173. The Balaban J connectivity index is 3.22. The van der Waals surface area contributed by atoms with Crippen LogP contribution in [0.4, 0.5) is 43.4 Å². The Labute approximate surface area is 128 Å². The summed E-state index contributed by atoms with van der Waals surface area (Å²) in [5, 5.41) is 37.0. The summed E-state index contributed by atoms with van der Waals surface area (Å²) in [5.74, 6) is -6.91. The van der Waals surface area contributed by atoms with Crippen LogP contribution in [0.15, 0.2) is 18.2 Å². The number of halogens is 6. The minimum absolute atomic E-state index is 0.483. The van der Waals surface area contributed by atoms with Crippen LogP contribution < -0.4 is 15.8 Å². The van der Waals surface area contributed by atoms with Crippen LogP contribution >= 0.6 is 0 Å². The lowest BCUT2D eigenvalue weighted by Crippen LogP contribution is -3.00. The molecule has 1 rings (SSSR count). The Morgan fingerprint density at radius 3 is 1.92 bits per heavy atom. The van der Waals surface area contributed by atoms with Crippen LogP contribution in [0.2, 0.25) is 0 Å². The van der Waals surface area contributed by atoms with Crippen molar-refractivity contribution in [1.82, 2.24) is 0 Å². The molecular formula is C10H9F6N3O5. The van der Waals surface area contributed by atoms with Gasteiger partial charge in [-0.05, 0) is 6.07 Å². The lowest BCUT2D eigenvalue weighted by molar-refractivity contribution is -0.996. The van der Waals surface area contributed by atoms with Crippen molar-refractivity contribution in [3.8, 4) is 0 Å². The van der Waals surface area contributed by atoms with Gasteiger partial charge in [0.05, 0.1) is 6.07 Å². The summed E-state index contributed by atoms with van der Waals surface area (Å²) >= 11 is 0. The van der Waals surface area contributed by atoms with E-state index in [9.17, 15) is 41.6 Å². The third-order valence-corrected chi connectivity index (χ3v) is 2.67. The molecule has 0 spiro atoms. The summed E-state index contributed by atoms with van der Waals surface area (Å²) < 4.78 is 74.5. The number of alkyl halides is 6. The quantitative estimate of drug-likeness (QED) is 0.384. The standard InChI is InChI=1S/C10H9F6N3O5/c11-9(12,13)7(10(14,15)16)8(20)17-5-2-1-4(18(21)22)3-6(5)19(23)24/h1-3,7,18-19,21,23H,(H,17,20). The fourth-order valence-electron chi connectivity index (χ4n) is 1.65. The van der Waals surface area contributed by atoms with Gasteiger partial charge in [-0.25, -0.2) is 10.4 Å². The molecule has 8 nitrogen and oxygen atoms in total. The molecule has 1 amide bonds. The molecule has 2 unspecified atom stereocenters. The Morgan fingerprint density at radius 1 is 1.04 bits per heavy atom. The van der Waals surface area contributed by atoms with Gasteiger partial charge in [0, 0.05) is 6.07 Å². The van der Waals surface area contributed by atoms with Gasteiger partial charge in [-0.3, -0.25) is 4.79 Å². The molecule has 136 valence electrons. The molecule has 0 radical (unpaired) electrons. The van der Waals surface area contributed by atoms with Crippen molar-refractivity contribution in [3.63, 3.8) is 0 Å². The molecule has 1 aromatic rings. The normalized spacial score (nSPS) is 15.3. The largest absolute Gasteiger partial charge is 0.595 e. The van der Waals surface area contributed by atoms with E-state index in [2.05, 4.69) is 0 Å². The van der Waals surface area contributed by atoms with E-state index in [0.717, 1.165) is 0 Å². The minimum atomic E-state index is -5.95. The second kappa shape index (κ2) is 6.88. The number of benzene rings is 1. The van der Waals surface area contributed by atoms with E-state index in [1.165, 1.54) is 5.32 Å². The number of quaternary nitrogens is 2. The molecule has 0 aliphatic heterocycles. The predicted molar refractivity (Wildman–Crippen MR) is 62.2 cm³/mol. The zero-order chi connectivity index (χ0) is 18.9. The second-order valence-electron chi connectivity index (χ2n) is 4.38. The van der Waals surface area contributed by atoms with Crippen LogP contribution in [0.25, 0.3) is 0 Å². The van der Waals surface area contributed by atoms with Crippen LogP contribution in [0.1, 0.15) is 0 Å². The third kappa shape index (κ3) is 4.76. The van der Waals surface area contributed by atoms with Crippen molar-refractivity contribution in [2.75, 3.05) is 5.32 Å². The highest BCUT2D eigenvalue weighted by Crippen LogP contribution is 2.40. The highest BCUT2D eigenvalue weighted by Gasteiger charge is 2.61. The van der Waals surface area contributed by atoms with Gasteiger partial charge >= 0.3 is 12.4 Å². The summed E-state index contributed by atoms with van der Waals surface area (Å²) in [4.78, 5) is 11.3. The first-order valence-electron chi connectivity index (χ1n) is 5.80. The summed E-state index contributed by atoms with van der Waals surface area (Å²) in [7, 11) is 0. The van der Waals surface area contributed by atoms with E-state index in [1.54, 1.807) is 0 Å². The van der Waals surface area contributed by atoms with Gasteiger partial charge in [0.2, 0.25) is 11.8 Å². The average Bonchev–Trinajstić information content (AvgIpc) is 2.34. The van der Waals surface area contributed by atoms with Gasteiger partial charge in [0.1, 0.15) is 5.69 Å². The summed E-state index contributed by atoms with van der Waals surface area (Å²) in [6.07, 6.45) is -11.9. The Bertz CT molecular complexity index is 590. The van der Waals surface area contributed by atoms with Crippen molar-refractivity contribution in [1.29, 1.82) is 0 Å². The van der Waals surface area contributed by atoms with Crippen molar-refractivity contribution >= 4 is 23.0 Å². The van der Waals surface area contributed by atoms with Crippen LogP contribution in [0, 0.1) is 16.3 Å².